The smallest absolute Gasteiger partial charge is 0.302 e. The van der Waals surface area contributed by atoms with Gasteiger partial charge in [0.2, 0.25) is 0 Å². The Morgan fingerprint density at radius 3 is 1.72 bits per heavy atom. The molecule has 0 amide bonds. The van der Waals surface area contributed by atoms with Crippen LogP contribution in [0.15, 0.2) is 36.4 Å². The molecule has 1 aromatic rings. The molecule has 0 spiro atoms. The summed E-state index contributed by atoms with van der Waals surface area (Å²) in [5.74, 6) is -0.245. The lowest BCUT2D eigenvalue weighted by Crippen LogP contribution is -1.88. The number of ether oxygens (including phenoxy) is 1. The lowest BCUT2D eigenvalue weighted by atomic mass is 10.2. The number of esters is 1. The largest absolute Gasteiger partial charge is 0.469 e. The monoisotopic (exact) mass is 252 g/mol. The minimum Gasteiger partial charge on any atom is -0.469 e. The summed E-state index contributed by atoms with van der Waals surface area (Å²) in [6.07, 6.45) is 4.12. The molecule has 0 fully saturated rings. The highest BCUT2D eigenvalue weighted by Crippen LogP contribution is 1.99. The van der Waals surface area contributed by atoms with Gasteiger partial charge in [0.25, 0.3) is 0 Å². The maximum Gasteiger partial charge on any atom is 0.302 e. The third-order valence-corrected chi connectivity index (χ3v) is 1.45. The Kier molecular flexibility index (Phi) is 25.1. The average Bonchev–Trinajstić information content (AvgIpc) is 2.45. The molecule has 1 aromatic carbocycles. The van der Waals surface area contributed by atoms with E-state index in [2.05, 4.69) is 22.9 Å². The van der Waals surface area contributed by atoms with Crippen molar-refractivity contribution in [2.24, 2.45) is 0 Å². The van der Waals surface area contributed by atoms with Crippen molar-refractivity contribution >= 4 is 12.0 Å². The summed E-state index contributed by atoms with van der Waals surface area (Å²) < 4.78 is 4.11. The van der Waals surface area contributed by atoms with Crippen LogP contribution in [0, 0.1) is 0 Å². The minimum absolute atomic E-state index is 0.245. The van der Waals surface area contributed by atoms with Gasteiger partial charge in [0.15, 0.2) is 0 Å². The summed E-state index contributed by atoms with van der Waals surface area (Å²) in [5.41, 5.74) is 1.26. The predicted octanol–water partition coefficient (Wildman–Crippen LogP) is 4.95. The van der Waals surface area contributed by atoms with E-state index in [1.807, 2.05) is 58.9 Å². The second-order valence-electron chi connectivity index (χ2n) is 2.61. The zero-order valence-corrected chi connectivity index (χ0v) is 12.9. The molecule has 104 valence electrons. The summed E-state index contributed by atoms with van der Waals surface area (Å²) >= 11 is 0. The highest BCUT2D eigenvalue weighted by molar-refractivity contribution is 5.65. The van der Waals surface area contributed by atoms with Gasteiger partial charge in [0.1, 0.15) is 0 Å². The van der Waals surface area contributed by atoms with E-state index in [9.17, 15) is 4.79 Å². The van der Waals surface area contributed by atoms with Gasteiger partial charge in [-0.3, -0.25) is 4.79 Å². The number of allylic oxidation sites excluding steroid dienone is 1. The second kappa shape index (κ2) is 20.8. The third-order valence-electron chi connectivity index (χ3n) is 1.45. The summed E-state index contributed by atoms with van der Waals surface area (Å²) in [6, 6.07) is 10.3. The zero-order chi connectivity index (χ0) is 14.8. The van der Waals surface area contributed by atoms with Gasteiger partial charge in [-0.2, -0.15) is 0 Å². The highest BCUT2D eigenvalue weighted by atomic mass is 16.5. The molecule has 0 aliphatic carbocycles. The summed E-state index contributed by atoms with van der Waals surface area (Å²) in [7, 11) is 1.35. The number of rotatable bonds is 1. The van der Waals surface area contributed by atoms with Crippen LogP contribution in [0.5, 0.6) is 0 Å². The number of carbonyl (C=O) groups excluding carboxylic acids is 1. The van der Waals surface area contributed by atoms with Crippen molar-refractivity contribution < 1.29 is 9.53 Å². The lowest BCUT2D eigenvalue weighted by Gasteiger charge is -1.86. The predicted molar refractivity (Wildman–Crippen MR) is 81.5 cm³/mol. The topological polar surface area (TPSA) is 26.3 Å². The van der Waals surface area contributed by atoms with Gasteiger partial charge in [-0.15, -0.1) is 0 Å². The van der Waals surface area contributed by atoms with Crippen LogP contribution in [0.1, 0.15) is 47.1 Å². The van der Waals surface area contributed by atoms with Crippen molar-refractivity contribution in [3.63, 3.8) is 0 Å². The molecule has 0 unspecified atom stereocenters. The maximum absolute atomic E-state index is 9.59. The number of carbonyl (C=O) groups is 1. The molecular weight excluding hydrogens is 224 g/mol. The number of hydrogen-bond acceptors (Lipinski definition) is 2. The van der Waals surface area contributed by atoms with Crippen molar-refractivity contribution in [1.29, 1.82) is 0 Å². The first-order valence-electron chi connectivity index (χ1n) is 6.43. The van der Waals surface area contributed by atoms with E-state index < -0.39 is 0 Å². The normalized spacial score (nSPS) is 7.72. The van der Waals surface area contributed by atoms with Crippen LogP contribution in [-0.2, 0) is 9.53 Å². The van der Waals surface area contributed by atoms with Crippen LogP contribution in [0.2, 0.25) is 0 Å². The van der Waals surface area contributed by atoms with Crippen molar-refractivity contribution in [1.82, 2.24) is 0 Å². The van der Waals surface area contributed by atoms with Crippen LogP contribution in [0.4, 0.5) is 0 Å². The highest BCUT2D eigenvalue weighted by Gasteiger charge is 1.77. The van der Waals surface area contributed by atoms with Gasteiger partial charge >= 0.3 is 5.97 Å². The first-order chi connectivity index (χ1) is 8.70. The molecule has 0 aliphatic rings. The van der Waals surface area contributed by atoms with Crippen LogP contribution in [-0.4, -0.2) is 13.1 Å². The van der Waals surface area contributed by atoms with Crippen molar-refractivity contribution in [3.8, 4) is 0 Å². The Balaban J connectivity index is -0.000000215. The van der Waals surface area contributed by atoms with Gasteiger partial charge in [-0.25, -0.2) is 0 Å². The fraction of sp³-hybridized carbons (Fsp3) is 0.438. The van der Waals surface area contributed by atoms with Gasteiger partial charge in [0.05, 0.1) is 7.11 Å². The van der Waals surface area contributed by atoms with Gasteiger partial charge in [-0.05, 0) is 12.5 Å². The van der Waals surface area contributed by atoms with Crippen LogP contribution in [0.25, 0.3) is 6.08 Å². The molecule has 0 N–H and O–H groups in total. The molecule has 0 atom stereocenters. The molecule has 0 aliphatic heterocycles. The van der Waals surface area contributed by atoms with Crippen LogP contribution in [0.3, 0.4) is 0 Å². The first kappa shape index (κ1) is 21.7. The molecule has 0 aromatic heterocycles. The molecular formula is C16H28O2. The Morgan fingerprint density at radius 1 is 1.06 bits per heavy atom. The molecule has 2 heteroatoms. The second-order valence-corrected chi connectivity index (χ2v) is 2.61. The SMILES string of the molecule is C/C=C/c1ccccc1.CC.CC.COC(C)=O. The lowest BCUT2D eigenvalue weighted by molar-refractivity contribution is -0.137. The molecule has 0 heterocycles. The Labute approximate surface area is 113 Å². The third kappa shape index (κ3) is 19.9. The Bertz CT molecular complexity index is 276. The van der Waals surface area contributed by atoms with Crippen LogP contribution >= 0.6 is 0 Å². The molecule has 2 nitrogen and oxygen atoms in total. The molecule has 18 heavy (non-hydrogen) atoms. The van der Waals surface area contributed by atoms with Gasteiger partial charge in [-0.1, -0.05) is 70.2 Å². The molecule has 0 saturated carbocycles. The summed E-state index contributed by atoms with van der Waals surface area (Å²) in [6.45, 7) is 11.4. The van der Waals surface area contributed by atoms with Crippen molar-refractivity contribution in [2.75, 3.05) is 7.11 Å². The van der Waals surface area contributed by atoms with E-state index in [0.29, 0.717) is 0 Å². The fourth-order valence-corrected chi connectivity index (χ4v) is 0.757. The molecule has 1 rings (SSSR count). The number of benzene rings is 1. The van der Waals surface area contributed by atoms with E-state index in [1.165, 1.54) is 19.6 Å². The van der Waals surface area contributed by atoms with Crippen LogP contribution < -0.4 is 0 Å². The van der Waals surface area contributed by atoms with E-state index in [0.717, 1.165) is 0 Å². The molecule has 0 bridgehead atoms. The van der Waals surface area contributed by atoms with E-state index in [1.54, 1.807) is 0 Å². The maximum atomic E-state index is 9.59. The van der Waals surface area contributed by atoms with Gasteiger partial charge < -0.3 is 4.74 Å². The zero-order valence-electron chi connectivity index (χ0n) is 12.9. The minimum atomic E-state index is -0.245. The number of methoxy groups -OCH3 is 1. The van der Waals surface area contributed by atoms with E-state index in [4.69, 9.17) is 0 Å². The summed E-state index contributed by atoms with van der Waals surface area (Å²) in [5, 5.41) is 0. The fourth-order valence-electron chi connectivity index (χ4n) is 0.757. The quantitative estimate of drug-likeness (QED) is 0.661. The number of hydrogen-bond donors (Lipinski definition) is 0. The molecule has 0 radical (unpaired) electrons. The van der Waals surface area contributed by atoms with Crippen molar-refractivity contribution in [2.45, 2.75) is 41.5 Å². The standard InChI is InChI=1S/C9H10.C3H6O2.2C2H6/c1-2-6-9-7-4-3-5-8-9;1-3(4)5-2;2*1-2/h2-8H,1H3;1-2H3;2*1-2H3/b6-2+;;;. The van der Waals surface area contributed by atoms with E-state index >= 15 is 0 Å². The Morgan fingerprint density at radius 2 is 1.44 bits per heavy atom. The summed E-state index contributed by atoms with van der Waals surface area (Å²) in [4.78, 5) is 9.59. The Hall–Kier alpha value is -1.57. The average molecular weight is 252 g/mol. The molecule has 0 saturated heterocycles. The van der Waals surface area contributed by atoms with E-state index in [-0.39, 0.29) is 5.97 Å². The first-order valence-corrected chi connectivity index (χ1v) is 6.43. The van der Waals surface area contributed by atoms with Crippen molar-refractivity contribution in [3.05, 3.63) is 42.0 Å². The van der Waals surface area contributed by atoms with Gasteiger partial charge in [0, 0.05) is 6.92 Å².